The molecule has 0 aliphatic carbocycles. The van der Waals surface area contributed by atoms with E-state index in [9.17, 15) is 0 Å². The van der Waals surface area contributed by atoms with Crippen molar-refractivity contribution in [2.75, 3.05) is 32.4 Å². The van der Waals surface area contributed by atoms with E-state index in [4.69, 9.17) is 17.3 Å². The van der Waals surface area contributed by atoms with Gasteiger partial charge in [-0.05, 0) is 50.7 Å². The van der Waals surface area contributed by atoms with E-state index in [-0.39, 0.29) is 0 Å². The topological polar surface area (TPSA) is 32.5 Å². The molecule has 1 aliphatic heterocycles. The van der Waals surface area contributed by atoms with Crippen LogP contribution < -0.4 is 5.73 Å². The van der Waals surface area contributed by atoms with Crippen molar-refractivity contribution in [2.45, 2.75) is 32.4 Å². The zero-order valence-corrected chi connectivity index (χ0v) is 12.7. The Labute approximate surface area is 121 Å². The number of likely N-dealkylation sites (tertiary alicyclic amines) is 1. The molecule has 0 aromatic heterocycles. The van der Waals surface area contributed by atoms with Crippen LogP contribution in [0.25, 0.3) is 0 Å². The third kappa shape index (κ3) is 3.85. The van der Waals surface area contributed by atoms with Crippen LogP contribution in [0, 0.1) is 0 Å². The second-order valence-corrected chi connectivity index (χ2v) is 5.90. The van der Waals surface area contributed by atoms with Gasteiger partial charge in [-0.15, -0.1) is 0 Å². The third-order valence-electron chi connectivity index (χ3n) is 3.98. The molecule has 19 heavy (non-hydrogen) atoms. The maximum absolute atomic E-state index is 6.01. The number of nitrogens with zero attached hydrogens (tertiary/aromatic N) is 2. The van der Waals surface area contributed by atoms with Crippen LogP contribution >= 0.6 is 11.6 Å². The first-order chi connectivity index (χ1) is 9.10. The van der Waals surface area contributed by atoms with Crippen molar-refractivity contribution in [1.82, 2.24) is 9.80 Å². The molecular formula is C15H24ClN3. The molecule has 2 N–H and O–H groups in total. The van der Waals surface area contributed by atoms with E-state index in [0.717, 1.165) is 30.9 Å². The minimum absolute atomic E-state index is 0.698. The van der Waals surface area contributed by atoms with Crippen LogP contribution in [-0.4, -0.2) is 42.5 Å². The zero-order valence-electron chi connectivity index (χ0n) is 11.9. The Balaban J connectivity index is 1.92. The average Bonchev–Trinajstić information content (AvgIpc) is 2.80. The fourth-order valence-electron chi connectivity index (χ4n) is 2.94. The molecule has 1 fully saturated rings. The van der Waals surface area contributed by atoms with Gasteiger partial charge in [-0.25, -0.2) is 0 Å². The summed E-state index contributed by atoms with van der Waals surface area (Å²) in [7, 11) is 2.17. The van der Waals surface area contributed by atoms with Gasteiger partial charge < -0.3 is 10.6 Å². The van der Waals surface area contributed by atoms with E-state index >= 15 is 0 Å². The minimum Gasteiger partial charge on any atom is -0.398 e. The number of nitrogen functional groups attached to an aromatic ring is 1. The maximum atomic E-state index is 6.01. The predicted molar refractivity (Wildman–Crippen MR) is 82.5 cm³/mol. The summed E-state index contributed by atoms with van der Waals surface area (Å²) in [5.41, 5.74) is 7.96. The Kier molecular flexibility index (Phi) is 5.08. The molecule has 3 nitrogen and oxygen atoms in total. The highest BCUT2D eigenvalue weighted by Crippen LogP contribution is 2.21. The third-order valence-corrected chi connectivity index (χ3v) is 4.21. The Morgan fingerprint density at radius 2 is 2.26 bits per heavy atom. The first-order valence-corrected chi connectivity index (χ1v) is 7.44. The molecule has 1 aromatic carbocycles. The highest BCUT2D eigenvalue weighted by atomic mass is 35.5. The number of hydrogen-bond donors (Lipinski definition) is 1. The van der Waals surface area contributed by atoms with Crippen LogP contribution in [-0.2, 0) is 6.54 Å². The van der Waals surface area contributed by atoms with Gasteiger partial charge in [0.2, 0.25) is 0 Å². The summed E-state index contributed by atoms with van der Waals surface area (Å²) in [6.45, 7) is 6.64. The molecule has 0 saturated carbocycles. The molecular weight excluding hydrogens is 258 g/mol. The van der Waals surface area contributed by atoms with Crippen LogP contribution in [0.2, 0.25) is 5.02 Å². The van der Waals surface area contributed by atoms with E-state index in [1.807, 2.05) is 18.2 Å². The van der Waals surface area contributed by atoms with Crippen molar-refractivity contribution in [1.29, 1.82) is 0 Å². The standard InChI is InChI=1S/C15H24ClN3/c1-3-19-8-4-5-14(19)11-18(2)10-12-6-7-13(16)9-15(12)17/h6-7,9,14H,3-5,8,10-11,17H2,1-2H3. The average molecular weight is 282 g/mol. The molecule has 1 aromatic rings. The monoisotopic (exact) mass is 281 g/mol. The summed E-state index contributed by atoms with van der Waals surface area (Å²) >= 11 is 5.93. The largest absolute Gasteiger partial charge is 0.398 e. The Morgan fingerprint density at radius 1 is 1.47 bits per heavy atom. The summed E-state index contributed by atoms with van der Waals surface area (Å²) in [6.07, 6.45) is 2.64. The molecule has 2 rings (SSSR count). The highest BCUT2D eigenvalue weighted by molar-refractivity contribution is 6.30. The Hall–Kier alpha value is -0.770. The summed E-state index contributed by atoms with van der Waals surface area (Å²) in [5.74, 6) is 0. The zero-order chi connectivity index (χ0) is 13.8. The molecule has 0 amide bonds. The molecule has 0 radical (unpaired) electrons. The number of hydrogen-bond acceptors (Lipinski definition) is 3. The fraction of sp³-hybridized carbons (Fsp3) is 0.600. The first kappa shape index (κ1) is 14.6. The Morgan fingerprint density at radius 3 is 2.95 bits per heavy atom. The molecule has 1 unspecified atom stereocenters. The second kappa shape index (κ2) is 6.60. The van der Waals surface area contributed by atoms with Gasteiger partial charge in [-0.1, -0.05) is 24.6 Å². The predicted octanol–water partition coefficient (Wildman–Crippen LogP) is 2.84. The van der Waals surface area contributed by atoms with Gasteiger partial charge in [0.25, 0.3) is 0 Å². The molecule has 106 valence electrons. The van der Waals surface area contributed by atoms with Crippen molar-refractivity contribution in [3.63, 3.8) is 0 Å². The number of rotatable bonds is 5. The second-order valence-electron chi connectivity index (χ2n) is 5.46. The number of halogens is 1. The SMILES string of the molecule is CCN1CCCC1CN(C)Cc1ccc(Cl)cc1N. The highest BCUT2D eigenvalue weighted by Gasteiger charge is 2.24. The van der Waals surface area contributed by atoms with Crippen LogP contribution in [0.5, 0.6) is 0 Å². The van der Waals surface area contributed by atoms with Gasteiger partial charge in [0.05, 0.1) is 0 Å². The molecule has 0 bridgehead atoms. The van der Waals surface area contributed by atoms with E-state index < -0.39 is 0 Å². The van der Waals surface area contributed by atoms with Gasteiger partial charge >= 0.3 is 0 Å². The lowest BCUT2D eigenvalue weighted by Crippen LogP contribution is -2.38. The van der Waals surface area contributed by atoms with Crippen LogP contribution in [0.4, 0.5) is 5.69 Å². The molecule has 1 heterocycles. The van der Waals surface area contributed by atoms with Crippen molar-refractivity contribution in [3.8, 4) is 0 Å². The molecule has 0 spiro atoms. The summed E-state index contributed by atoms with van der Waals surface area (Å²) < 4.78 is 0. The number of likely N-dealkylation sites (N-methyl/N-ethyl adjacent to an activating group) is 2. The molecule has 1 atom stereocenters. The van der Waals surface area contributed by atoms with Crippen molar-refractivity contribution in [2.24, 2.45) is 0 Å². The maximum Gasteiger partial charge on any atom is 0.0426 e. The van der Waals surface area contributed by atoms with Gasteiger partial charge in [0.15, 0.2) is 0 Å². The quantitative estimate of drug-likeness (QED) is 0.843. The molecule has 4 heteroatoms. The fourth-order valence-corrected chi connectivity index (χ4v) is 3.12. The van der Waals surface area contributed by atoms with Gasteiger partial charge in [0, 0.05) is 29.8 Å². The van der Waals surface area contributed by atoms with Gasteiger partial charge in [-0.3, -0.25) is 4.90 Å². The van der Waals surface area contributed by atoms with Gasteiger partial charge in [-0.2, -0.15) is 0 Å². The first-order valence-electron chi connectivity index (χ1n) is 7.06. The summed E-state index contributed by atoms with van der Waals surface area (Å²) in [5, 5.41) is 0.705. The minimum atomic E-state index is 0.698. The van der Waals surface area contributed by atoms with E-state index in [1.54, 1.807) is 0 Å². The lowest BCUT2D eigenvalue weighted by Gasteiger charge is -2.28. The van der Waals surface area contributed by atoms with Crippen molar-refractivity contribution >= 4 is 17.3 Å². The van der Waals surface area contributed by atoms with Crippen molar-refractivity contribution < 1.29 is 0 Å². The lowest BCUT2D eigenvalue weighted by molar-refractivity contribution is 0.195. The van der Waals surface area contributed by atoms with Crippen molar-refractivity contribution in [3.05, 3.63) is 28.8 Å². The van der Waals surface area contributed by atoms with Gasteiger partial charge in [0.1, 0.15) is 0 Å². The molecule has 1 aliphatic rings. The molecule has 1 saturated heterocycles. The number of anilines is 1. The summed E-state index contributed by atoms with van der Waals surface area (Å²) in [4.78, 5) is 4.93. The summed E-state index contributed by atoms with van der Waals surface area (Å²) in [6, 6.07) is 6.47. The lowest BCUT2D eigenvalue weighted by atomic mass is 10.1. The van der Waals surface area contributed by atoms with Crippen LogP contribution in [0.15, 0.2) is 18.2 Å². The number of nitrogens with two attached hydrogens (primary N) is 1. The van der Waals surface area contributed by atoms with E-state index in [1.165, 1.54) is 19.4 Å². The normalized spacial score (nSPS) is 20.3. The Bertz CT molecular complexity index is 422. The van der Waals surface area contributed by atoms with Crippen LogP contribution in [0.3, 0.4) is 0 Å². The smallest absolute Gasteiger partial charge is 0.0426 e. The number of benzene rings is 1. The van der Waals surface area contributed by atoms with E-state index in [2.05, 4.69) is 23.8 Å². The van der Waals surface area contributed by atoms with Crippen LogP contribution in [0.1, 0.15) is 25.3 Å². The van der Waals surface area contributed by atoms with E-state index in [0.29, 0.717) is 11.1 Å².